The Kier molecular flexibility index (Phi) is 4.95. The van der Waals surface area contributed by atoms with Crippen LogP contribution in [0.25, 0.3) is 5.69 Å². The molecule has 0 atom stereocenters. The number of hydrogen-bond donors (Lipinski definition) is 2. The van der Waals surface area contributed by atoms with Gasteiger partial charge in [-0.15, -0.1) is 0 Å². The van der Waals surface area contributed by atoms with Gasteiger partial charge in [0, 0.05) is 5.69 Å². The van der Waals surface area contributed by atoms with Crippen molar-refractivity contribution in [1.29, 1.82) is 0 Å². The average Bonchev–Trinajstić information content (AvgIpc) is 2.92. The van der Waals surface area contributed by atoms with Gasteiger partial charge in [-0.2, -0.15) is 4.68 Å². The first-order valence-corrected chi connectivity index (χ1v) is 7.29. The Labute approximate surface area is 134 Å². The molecular weight excluding hydrogens is 290 g/mol. The first kappa shape index (κ1) is 16.5. The zero-order chi connectivity index (χ0) is 17.0. The second kappa shape index (κ2) is 6.91. The van der Waals surface area contributed by atoms with Gasteiger partial charge in [0.1, 0.15) is 0 Å². The highest BCUT2D eigenvalue weighted by molar-refractivity contribution is 5.47. The van der Waals surface area contributed by atoms with E-state index in [4.69, 9.17) is 5.73 Å². The van der Waals surface area contributed by atoms with Crippen LogP contribution in [0.5, 0.6) is 0 Å². The number of anilines is 1. The first-order chi connectivity index (χ1) is 10.9. The number of nitrogens with zero attached hydrogens (tertiary/aromatic N) is 3. The number of benzene rings is 2. The van der Waals surface area contributed by atoms with Gasteiger partial charge in [0.2, 0.25) is 0 Å². The van der Waals surface area contributed by atoms with E-state index in [1.54, 1.807) is 0 Å². The van der Waals surface area contributed by atoms with Gasteiger partial charge >= 0.3 is 5.69 Å². The van der Waals surface area contributed by atoms with Gasteiger partial charge in [0.15, 0.2) is 0 Å². The van der Waals surface area contributed by atoms with E-state index in [0.717, 1.165) is 28.1 Å². The van der Waals surface area contributed by atoms with Gasteiger partial charge in [0.05, 0.1) is 5.69 Å². The monoisotopic (exact) mass is 311 g/mol. The molecule has 0 saturated carbocycles. The van der Waals surface area contributed by atoms with E-state index in [-0.39, 0.29) is 5.69 Å². The van der Waals surface area contributed by atoms with Crippen LogP contribution in [0.4, 0.5) is 5.69 Å². The number of rotatable bonds is 1. The molecule has 120 valence electrons. The molecule has 1 heterocycles. The summed E-state index contributed by atoms with van der Waals surface area (Å²) >= 11 is 0. The molecular formula is C17H21N5O. The Bertz CT molecular complexity index is 863. The highest BCUT2D eigenvalue weighted by Gasteiger charge is 2.05. The predicted molar refractivity (Wildman–Crippen MR) is 91.8 cm³/mol. The van der Waals surface area contributed by atoms with Gasteiger partial charge in [-0.25, -0.2) is 9.89 Å². The molecule has 1 aromatic heterocycles. The smallest absolute Gasteiger partial charge is 0.365 e. The van der Waals surface area contributed by atoms with E-state index in [1.165, 1.54) is 10.2 Å². The molecule has 6 nitrogen and oxygen atoms in total. The summed E-state index contributed by atoms with van der Waals surface area (Å²) in [6, 6.07) is 11.9. The van der Waals surface area contributed by atoms with Crippen LogP contribution in [0.15, 0.2) is 41.2 Å². The minimum Gasteiger partial charge on any atom is -0.399 e. The number of aromatic amines is 1. The Hall–Kier alpha value is -2.89. The lowest BCUT2D eigenvalue weighted by molar-refractivity contribution is 0.775. The number of tetrazole rings is 1. The molecule has 0 amide bonds. The summed E-state index contributed by atoms with van der Waals surface area (Å²) in [6.45, 7) is 7.94. The summed E-state index contributed by atoms with van der Waals surface area (Å²) in [6.07, 6.45) is 0. The summed E-state index contributed by atoms with van der Waals surface area (Å²) < 4.78 is 1.25. The molecule has 0 aliphatic rings. The second-order valence-electron chi connectivity index (χ2n) is 5.57. The molecule has 3 rings (SSSR count). The maximum absolute atomic E-state index is 11.3. The lowest BCUT2D eigenvalue weighted by Crippen LogP contribution is -2.17. The summed E-state index contributed by atoms with van der Waals surface area (Å²) in [5, 5.41) is 9.39. The molecule has 0 unspecified atom stereocenters. The zero-order valence-electron chi connectivity index (χ0n) is 13.8. The topological polar surface area (TPSA) is 89.6 Å². The molecule has 0 saturated heterocycles. The normalized spacial score (nSPS) is 10.1. The minimum absolute atomic E-state index is 0.321. The second-order valence-corrected chi connectivity index (χ2v) is 5.57. The van der Waals surface area contributed by atoms with Crippen LogP contribution >= 0.6 is 0 Å². The van der Waals surface area contributed by atoms with Crippen LogP contribution in [-0.4, -0.2) is 20.2 Å². The highest BCUT2D eigenvalue weighted by Crippen LogP contribution is 2.12. The van der Waals surface area contributed by atoms with E-state index in [1.807, 2.05) is 58.0 Å². The Morgan fingerprint density at radius 2 is 1.57 bits per heavy atom. The van der Waals surface area contributed by atoms with Crippen molar-refractivity contribution in [2.24, 2.45) is 0 Å². The summed E-state index contributed by atoms with van der Waals surface area (Å²) in [4.78, 5) is 11.3. The standard InChI is InChI=1S/C9H10N4O.C8H11N/c1-6-3-4-7(2)8(5-6)13-9(14)10-11-12-13;1-6-3-4-7(2)8(9)5-6/h3-5H,1-2H3,(H,10,12,14);3-5H,9H2,1-2H3. The number of aryl methyl sites for hydroxylation is 4. The van der Waals surface area contributed by atoms with Crippen molar-refractivity contribution in [1.82, 2.24) is 20.2 Å². The van der Waals surface area contributed by atoms with Crippen LogP contribution in [0.2, 0.25) is 0 Å². The first-order valence-electron chi connectivity index (χ1n) is 7.29. The lowest BCUT2D eigenvalue weighted by Gasteiger charge is -2.03. The van der Waals surface area contributed by atoms with E-state index < -0.39 is 0 Å². The van der Waals surface area contributed by atoms with Crippen molar-refractivity contribution in [2.75, 3.05) is 5.73 Å². The van der Waals surface area contributed by atoms with Gasteiger partial charge in [0.25, 0.3) is 0 Å². The predicted octanol–water partition coefficient (Wildman–Crippen LogP) is 2.46. The maximum Gasteiger partial charge on any atom is 0.365 e. The van der Waals surface area contributed by atoms with Crippen molar-refractivity contribution in [3.05, 3.63) is 69.1 Å². The number of hydrogen-bond acceptors (Lipinski definition) is 4. The summed E-state index contributed by atoms with van der Waals surface area (Å²) in [5.74, 6) is 0. The van der Waals surface area contributed by atoms with Crippen LogP contribution in [0.3, 0.4) is 0 Å². The van der Waals surface area contributed by atoms with Crippen LogP contribution in [0, 0.1) is 27.7 Å². The van der Waals surface area contributed by atoms with Crippen LogP contribution in [-0.2, 0) is 0 Å². The quantitative estimate of drug-likeness (QED) is 0.676. The molecule has 23 heavy (non-hydrogen) atoms. The summed E-state index contributed by atoms with van der Waals surface area (Å²) in [5.41, 5.74) is 11.4. The van der Waals surface area contributed by atoms with Gasteiger partial charge in [-0.3, -0.25) is 0 Å². The zero-order valence-corrected chi connectivity index (χ0v) is 13.8. The summed E-state index contributed by atoms with van der Waals surface area (Å²) in [7, 11) is 0. The van der Waals surface area contributed by atoms with Gasteiger partial charge in [-0.1, -0.05) is 24.3 Å². The Morgan fingerprint density at radius 1 is 0.957 bits per heavy atom. The van der Waals surface area contributed by atoms with Crippen molar-refractivity contribution in [2.45, 2.75) is 27.7 Å². The number of nitrogen functional groups attached to an aromatic ring is 1. The van der Waals surface area contributed by atoms with Crippen molar-refractivity contribution < 1.29 is 0 Å². The van der Waals surface area contributed by atoms with Crippen molar-refractivity contribution in [3.8, 4) is 5.69 Å². The van der Waals surface area contributed by atoms with E-state index >= 15 is 0 Å². The number of nitrogens with one attached hydrogen (secondary N) is 1. The third-order valence-electron chi connectivity index (χ3n) is 3.50. The molecule has 0 bridgehead atoms. The SMILES string of the molecule is Cc1ccc(C)c(-n2nn[nH]c2=O)c1.Cc1ccc(C)c(N)c1. The molecule has 0 aliphatic heterocycles. The molecule has 3 aromatic rings. The molecule has 0 radical (unpaired) electrons. The molecule has 3 N–H and O–H groups in total. The number of nitrogens with two attached hydrogens (primary N) is 1. The molecule has 0 fully saturated rings. The average molecular weight is 311 g/mol. The molecule has 2 aromatic carbocycles. The maximum atomic E-state index is 11.3. The van der Waals surface area contributed by atoms with Crippen molar-refractivity contribution in [3.63, 3.8) is 0 Å². The number of H-pyrrole nitrogens is 1. The van der Waals surface area contributed by atoms with Crippen molar-refractivity contribution >= 4 is 5.69 Å². The highest BCUT2D eigenvalue weighted by atomic mass is 16.2. The van der Waals surface area contributed by atoms with Crippen LogP contribution in [0.1, 0.15) is 22.3 Å². The Balaban J connectivity index is 0.000000185. The minimum atomic E-state index is -0.321. The fourth-order valence-electron chi connectivity index (χ4n) is 2.06. The third kappa shape index (κ3) is 4.06. The van der Waals surface area contributed by atoms with Gasteiger partial charge in [-0.05, 0) is 72.5 Å². The fraction of sp³-hybridized carbons (Fsp3) is 0.235. The van der Waals surface area contributed by atoms with E-state index in [2.05, 4.69) is 21.6 Å². The van der Waals surface area contributed by atoms with Crippen LogP contribution < -0.4 is 11.4 Å². The van der Waals surface area contributed by atoms with E-state index in [9.17, 15) is 4.79 Å². The molecule has 6 heteroatoms. The van der Waals surface area contributed by atoms with Gasteiger partial charge < -0.3 is 5.73 Å². The fourth-order valence-corrected chi connectivity index (χ4v) is 2.06. The largest absolute Gasteiger partial charge is 0.399 e. The Morgan fingerprint density at radius 3 is 2.09 bits per heavy atom. The molecule has 0 spiro atoms. The number of aromatic nitrogens is 4. The van der Waals surface area contributed by atoms with E-state index in [0.29, 0.717) is 0 Å². The lowest BCUT2D eigenvalue weighted by atomic mass is 10.1. The molecule has 0 aliphatic carbocycles. The third-order valence-corrected chi connectivity index (χ3v) is 3.50.